The molecule has 0 unspecified atom stereocenters. The number of alkyl halides is 5. The summed E-state index contributed by atoms with van der Waals surface area (Å²) in [6.45, 7) is 3.69. The van der Waals surface area contributed by atoms with E-state index in [1.54, 1.807) is 61.5 Å². The van der Waals surface area contributed by atoms with Gasteiger partial charge >= 0.3 is 12.2 Å². The summed E-state index contributed by atoms with van der Waals surface area (Å²) in [5, 5.41) is 11.4. The number of hydrogen-bond acceptors (Lipinski definition) is 14. The molecule has 14 nitrogen and oxygen atoms in total. The van der Waals surface area contributed by atoms with Gasteiger partial charge in [-0.15, -0.1) is 5.10 Å². The van der Waals surface area contributed by atoms with Gasteiger partial charge in [-0.2, -0.15) is 28.2 Å². The Morgan fingerprint density at radius 1 is 0.851 bits per heavy atom. The molecule has 1 N–H and O–H groups in total. The van der Waals surface area contributed by atoms with E-state index in [9.17, 15) is 8.78 Å². The number of methoxy groups -OCH3 is 3. The van der Waals surface area contributed by atoms with Crippen molar-refractivity contribution in [1.29, 1.82) is 0 Å². The summed E-state index contributed by atoms with van der Waals surface area (Å²) in [5.74, 6) is 1.10. The van der Waals surface area contributed by atoms with E-state index in [0.29, 0.717) is 48.1 Å². The van der Waals surface area contributed by atoms with Crippen molar-refractivity contribution in [2.75, 3.05) is 69.3 Å². The summed E-state index contributed by atoms with van der Waals surface area (Å²) in [6.07, 6.45) is -5.57. The summed E-state index contributed by atoms with van der Waals surface area (Å²) in [6, 6.07) is 23.6. The lowest BCUT2D eigenvalue weighted by atomic mass is 9.98. The quantitative estimate of drug-likeness (QED) is 0.0771. The summed E-state index contributed by atoms with van der Waals surface area (Å²) < 4.78 is 120. The Morgan fingerprint density at radius 2 is 1.47 bits per heavy atom. The molecule has 0 spiro atoms. The van der Waals surface area contributed by atoms with Crippen molar-refractivity contribution in [3.8, 4) is 40.3 Å². The summed E-state index contributed by atoms with van der Waals surface area (Å²) in [7, 11) is 4.66. The van der Waals surface area contributed by atoms with Crippen LogP contribution in [0.15, 0.2) is 91.1 Å². The average molecular weight is 1040 g/mol. The third-order valence-electron chi connectivity index (χ3n) is 13.2. The second kappa shape index (κ2) is 22.0. The zero-order valence-electron chi connectivity index (χ0n) is 41.0. The number of likely N-dealkylation sites (tertiary alicyclic amines) is 1. The molecule has 0 aliphatic carbocycles. The van der Waals surface area contributed by atoms with Gasteiger partial charge in [-0.3, -0.25) is 4.90 Å². The average Bonchev–Trinajstić information content (AvgIpc) is 3.60. The number of nitrogens with one attached hydrogen (secondary N) is 1. The Hall–Kier alpha value is -7.32. The van der Waals surface area contributed by atoms with Crippen LogP contribution < -0.4 is 38.8 Å². The number of aromatic nitrogens is 5. The molecule has 2 atom stereocenters. The lowest BCUT2D eigenvalue weighted by Crippen LogP contribution is -2.52. The van der Waals surface area contributed by atoms with E-state index in [2.05, 4.69) is 25.5 Å². The molecule has 7 aromatic rings. The fraction of sp³-hybridized carbons (Fsp3) is 0.340. The monoisotopic (exact) mass is 1040 g/mol. The highest BCUT2D eigenvalue weighted by atomic mass is 35.5. The summed E-state index contributed by atoms with van der Waals surface area (Å²) in [4.78, 5) is 19.1. The molecular formula is C53H52ClF6N9O5. The Morgan fingerprint density at radius 3 is 2.04 bits per heavy atom. The molecule has 9 rings (SSSR count). The predicted octanol–water partition coefficient (Wildman–Crippen LogP) is 11.1. The first-order chi connectivity index (χ1) is 35.6. The van der Waals surface area contributed by atoms with Gasteiger partial charge in [-0.25, -0.2) is 18.2 Å². The van der Waals surface area contributed by atoms with Crippen LogP contribution in [-0.2, 0) is 25.8 Å². The first-order valence-corrected chi connectivity index (χ1v) is 24.1. The van der Waals surface area contributed by atoms with Crippen molar-refractivity contribution in [2.24, 2.45) is 0 Å². The van der Waals surface area contributed by atoms with Crippen LogP contribution in [-0.4, -0.2) is 96.7 Å². The van der Waals surface area contributed by atoms with Gasteiger partial charge in [0.25, 0.3) is 6.43 Å². The second-order valence-electron chi connectivity index (χ2n) is 17.9. The van der Waals surface area contributed by atoms with Gasteiger partial charge in [0.15, 0.2) is 17.4 Å². The van der Waals surface area contributed by atoms with Crippen molar-refractivity contribution in [1.82, 2.24) is 30.0 Å². The molecule has 2 aliphatic heterocycles. The van der Waals surface area contributed by atoms with Gasteiger partial charge in [0.05, 0.1) is 73.9 Å². The van der Waals surface area contributed by atoms with Crippen LogP contribution in [0.1, 0.15) is 52.8 Å². The van der Waals surface area contributed by atoms with E-state index >= 15 is 17.6 Å². The number of ether oxygens (including phenoxy) is 5. The number of benzene rings is 4. The highest BCUT2D eigenvalue weighted by Crippen LogP contribution is 2.51. The molecule has 1 saturated heterocycles. The Bertz CT molecular complexity index is 3050. The molecule has 3 aromatic heterocycles. The Labute approximate surface area is 428 Å². The maximum Gasteiger partial charge on any atom is 0.418 e. The maximum absolute atomic E-state index is 18.1. The molecule has 21 heteroatoms. The Balaban J connectivity index is 1.19. The van der Waals surface area contributed by atoms with E-state index in [4.69, 9.17) is 40.3 Å². The van der Waals surface area contributed by atoms with Gasteiger partial charge in [0, 0.05) is 37.8 Å². The highest BCUT2D eigenvalue weighted by molar-refractivity contribution is 6.36. The van der Waals surface area contributed by atoms with Gasteiger partial charge in [0.2, 0.25) is 0 Å². The minimum absolute atomic E-state index is 0.0345. The van der Waals surface area contributed by atoms with Crippen molar-refractivity contribution >= 4 is 40.0 Å². The van der Waals surface area contributed by atoms with Crippen molar-refractivity contribution < 1.29 is 50.0 Å². The van der Waals surface area contributed by atoms with Crippen LogP contribution in [0.2, 0.25) is 5.02 Å². The molecule has 5 heterocycles. The number of rotatable bonds is 19. The molecule has 388 valence electrons. The number of anilines is 3. The number of hydrogen-bond donors (Lipinski definition) is 1. The second-order valence-corrected chi connectivity index (χ2v) is 18.2. The molecule has 74 heavy (non-hydrogen) atoms. The van der Waals surface area contributed by atoms with Crippen molar-refractivity contribution in [3.05, 3.63) is 135 Å². The Kier molecular flexibility index (Phi) is 15.4. The number of halogens is 7. The molecule has 0 amide bonds. The van der Waals surface area contributed by atoms with E-state index in [1.807, 2.05) is 60.4 Å². The SMILES string of the molecule is COc1ccc(CNc2nnccc2[C@@H](C)N2CCOc3c(Cl)c(-c4nc(N(Cc5ccc(OC)cc5)Cc5ccc(OC)cc5)cc(C)c4C(F)(F)F)c(F)c4nc(OC[C@@H]5CCN5CC(F)F)nc2c34)cc1. The van der Waals surface area contributed by atoms with Gasteiger partial charge < -0.3 is 38.8 Å². The zero-order valence-corrected chi connectivity index (χ0v) is 41.8. The minimum atomic E-state index is -5.05. The number of nitrogens with zero attached hydrogens (tertiary/aromatic N) is 8. The van der Waals surface area contributed by atoms with Gasteiger partial charge in [0.1, 0.15) is 47.6 Å². The summed E-state index contributed by atoms with van der Waals surface area (Å²) in [5.41, 5.74) is -0.293. The van der Waals surface area contributed by atoms with Gasteiger partial charge in [-0.05, 0) is 91.1 Å². The lowest BCUT2D eigenvalue weighted by Gasteiger charge is -2.40. The van der Waals surface area contributed by atoms with E-state index in [1.165, 1.54) is 19.2 Å². The molecule has 1 fully saturated rings. The highest BCUT2D eigenvalue weighted by Gasteiger charge is 2.41. The maximum atomic E-state index is 18.1. The lowest BCUT2D eigenvalue weighted by molar-refractivity contribution is -0.137. The molecular weight excluding hydrogens is 992 g/mol. The first-order valence-electron chi connectivity index (χ1n) is 23.7. The van der Waals surface area contributed by atoms with Crippen LogP contribution in [0.5, 0.6) is 29.0 Å². The molecule has 4 aromatic carbocycles. The third-order valence-corrected chi connectivity index (χ3v) is 13.6. The number of aryl methyl sites for hydroxylation is 1. The van der Waals surface area contributed by atoms with Crippen LogP contribution in [0.3, 0.4) is 0 Å². The van der Waals surface area contributed by atoms with Crippen molar-refractivity contribution in [2.45, 2.75) is 64.6 Å². The predicted molar refractivity (Wildman–Crippen MR) is 268 cm³/mol. The largest absolute Gasteiger partial charge is 0.497 e. The molecule has 0 radical (unpaired) electrons. The molecule has 2 aliphatic rings. The van der Waals surface area contributed by atoms with E-state index in [-0.39, 0.29) is 67.2 Å². The van der Waals surface area contributed by atoms with Crippen LogP contribution in [0.4, 0.5) is 43.8 Å². The summed E-state index contributed by atoms with van der Waals surface area (Å²) >= 11 is 7.23. The first kappa shape index (κ1) is 51.6. The van der Waals surface area contributed by atoms with E-state index in [0.717, 1.165) is 16.7 Å². The van der Waals surface area contributed by atoms with Crippen molar-refractivity contribution in [3.63, 3.8) is 0 Å². The number of pyridine rings is 1. The normalized spacial score (nSPS) is 15.0. The van der Waals surface area contributed by atoms with Crippen LogP contribution >= 0.6 is 11.6 Å². The fourth-order valence-electron chi connectivity index (χ4n) is 9.24. The van der Waals surface area contributed by atoms with Crippen LogP contribution in [0, 0.1) is 12.7 Å². The van der Waals surface area contributed by atoms with E-state index < -0.39 is 64.4 Å². The zero-order chi connectivity index (χ0) is 52.3. The smallest absolute Gasteiger partial charge is 0.418 e. The minimum Gasteiger partial charge on any atom is -0.497 e. The van der Waals surface area contributed by atoms with Gasteiger partial charge in [-0.1, -0.05) is 48.0 Å². The topological polar surface area (TPSA) is 132 Å². The molecule has 0 bridgehead atoms. The molecule has 0 saturated carbocycles. The third kappa shape index (κ3) is 11.0. The fourth-order valence-corrected chi connectivity index (χ4v) is 9.56. The standard InChI is InChI=1S/C53H52ClF6N9O5/c1-30-24-41(68(26-33-8-14-37(71-4)15-9-33)27-34-10-16-38(72-5)17-11-34)63-47(44(30)53(58,59)60)42-45(54)49-43-48(46(42)57)64-52(74-29-35-19-21-67(35)28-40(55)56)65-51(43)69(22-23-73-49)31(2)39-18-20-62-66-50(39)61-25-32-6-12-36(70-3)13-7-32/h6-18,20,24,31,35,40H,19,21-23,25-29H2,1-5H3,(H,61,66)/t31-,35+/m1/s1. The van der Waals surface area contributed by atoms with Crippen LogP contribution in [0.25, 0.3) is 22.2 Å².